The Hall–Kier alpha value is -2.22. The Bertz CT molecular complexity index is 913. The van der Waals surface area contributed by atoms with E-state index in [0.717, 1.165) is 53.7 Å². The van der Waals surface area contributed by atoms with Gasteiger partial charge in [-0.05, 0) is 25.8 Å². The van der Waals surface area contributed by atoms with E-state index >= 15 is 0 Å². The highest BCUT2D eigenvalue weighted by atomic mass is 16.5. The molecule has 0 N–H and O–H groups in total. The van der Waals surface area contributed by atoms with Gasteiger partial charge in [0.15, 0.2) is 0 Å². The van der Waals surface area contributed by atoms with Crippen molar-refractivity contribution in [2.24, 2.45) is 0 Å². The molecule has 0 heterocycles. The highest BCUT2D eigenvalue weighted by molar-refractivity contribution is 6.11. The molecule has 0 aliphatic carbocycles. The third-order valence-electron chi connectivity index (χ3n) is 5.57. The summed E-state index contributed by atoms with van der Waals surface area (Å²) < 4.78 is 12.8. The van der Waals surface area contributed by atoms with E-state index in [4.69, 9.17) is 9.47 Å². The fourth-order valence-corrected chi connectivity index (χ4v) is 3.93. The van der Waals surface area contributed by atoms with Crippen LogP contribution in [0, 0.1) is 6.92 Å². The average Bonchev–Trinajstić information content (AvgIpc) is 2.74. The summed E-state index contributed by atoms with van der Waals surface area (Å²) in [5.74, 6) is 2.01. The zero-order valence-electron chi connectivity index (χ0n) is 18.4. The zero-order chi connectivity index (χ0) is 20.5. The molecule has 0 unspecified atom stereocenters. The van der Waals surface area contributed by atoms with E-state index in [1.807, 2.05) is 0 Å². The predicted octanol–water partition coefficient (Wildman–Crippen LogP) is 8.22. The molecule has 0 atom stereocenters. The van der Waals surface area contributed by atoms with Crippen LogP contribution in [0.2, 0.25) is 0 Å². The number of benzene rings is 3. The van der Waals surface area contributed by atoms with Crippen LogP contribution >= 0.6 is 0 Å². The van der Waals surface area contributed by atoms with Crippen LogP contribution in [0.5, 0.6) is 11.5 Å². The van der Waals surface area contributed by atoms with Gasteiger partial charge in [-0.25, -0.2) is 0 Å². The second-order valence-corrected chi connectivity index (χ2v) is 8.07. The van der Waals surface area contributed by atoms with Crippen molar-refractivity contribution in [3.63, 3.8) is 0 Å². The quantitative estimate of drug-likeness (QED) is 0.228. The van der Waals surface area contributed by atoms with Gasteiger partial charge in [0.1, 0.15) is 11.5 Å². The second-order valence-electron chi connectivity index (χ2n) is 8.07. The van der Waals surface area contributed by atoms with Crippen LogP contribution in [0.4, 0.5) is 0 Å². The predicted molar refractivity (Wildman–Crippen MR) is 125 cm³/mol. The number of rotatable bonds is 12. The number of hydrogen-bond acceptors (Lipinski definition) is 2. The molecule has 3 rings (SSSR count). The van der Waals surface area contributed by atoms with Crippen LogP contribution in [-0.4, -0.2) is 13.2 Å². The Morgan fingerprint density at radius 3 is 1.66 bits per heavy atom. The first-order chi connectivity index (χ1) is 14.3. The molecule has 0 aromatic heterocycles. The lowest BCUT2D eigenvalue weighted by atomic mass is 9.99. The summed E-state index contributed by atoms with van der Waals surface area (Å²) in [6, 6.07) is 15.1. The van der Waals surface area contributed by atoms with E-state index in [0.29, 0.717) is 0 Å². The van der Waals surface area contributed by atoms with Crippen molar-refractivity contribution in [1.29, 1.82) is 0 Å². The highest BCUT2D eigenvalue weighted by Gasteiger charge is 2.16. The zero-order valence-corrected chi connectivity index (χ0v) is 18.4. The molecule has 0 spiro atoms. The van der Waals surface area contributed by atoms with Crippen molar-refractivity contribution in [3.8, 4) is 11.5 Å². The van der Waals surface area contributed by atoms with E-state index < -0.39 is 0 Å². The van der Waals surface area contributed by atoms with Crippen molar-refractivity contribution >= 4 is 21.5 Å². The standard InChI is InChI=1S/C27H36O2/c1-4-6-8-12-18-28-26-22-14-10-11-15-23(22)27(29-19-13-9-7-5-2)25-20-21(3)16-17-24(25)26/h10-11,14-17,20H,4-9,12-13,18-19H2,1-3H3. The minimum atomic E-state index is 0.768. The largest absolute Gasteiger partial charge is 0.492 e. The summed E-state index contributed by atoms with van der Waals surface area (Å²) in [6.45, 7) is 8.16. The maximum absolute atomic E-state index is 6.39. The van der Waals surface area contributed by atoms with Crippen LogP contribution in [-0.2, 0) is 0 Å². The van der Waals surface area contributed by atoms with Crippen LogP contribution in [0.15, 0.2) is 42.5 Å². The highest BCUT2D eigenvalue weighted by Crippen LogP contribution is 2.43. The molecule has 29 heavy (non-hydrogen) atoms. The summed E-state index contributed by atoms with van der Waals surface area (Å²) in [5.41, 5.74) is 1.25. The van der Waals surface area contributed by atoms with Crippen LogP contribution in [0.25, 0.3) is 21.5 Å². The SMILES string of the molecule is CCCCCCOc1c2ccccc2c(OCCCCCC)c2cc(C)ccc12. The van der Waals surface area contributed by atoms with Gasteiger partial charge in [0, 0.05) is 21.5 Å². The van der Waals surface area contributed by atoms with Crippen molar-refractivity contribution in [2.45, 2.75) is 72.1 Å². The Morgan fingerprint density at radius 1 is 0.586 bits per heavy atom. The number of unbranched alkanes of at least 4 members (excludes halogenated alkanes) is 6. The van der Waals surface area contributed by atoms with Crippen LogP contribution in [0.3, 0.4) is 0 Å². The van der Waals surface area contributed by atoms with Crippen molar-refractivity contribution in [1.82, 2.24) is 0 Å². The van der Waals surface area contributed by atoms with Crippen molar-refractivity contribution < 1.29 is 9.47 Å². The van der Waals surface area contributed by atoms with Gasteiger partial charge in [-0.2, -0.15) is 0 Å². The van der Waals surface area contributed by atoms with E-state index in [9.17, 15) is 0 Å². The Morgan fingerprint density at radius 2 is 1.10 bits per heavy atom. The van der Waals surface area contributed by atoms with Gasteiger partial charge in [-0.3, -0.25) is 0 Å². The first-order valence-corrected chi connectivity index (χ1v) is 11.5. The monoisotopic (exact) mass is 392 g/mol. The minimum absolute atomic E-state index is 0.768. The number of ether oxygens (including phenoxy) is 2. The molecule has 0 saturated heterocycles. The van der Waals surface area contributed by atoms with Gasteiger partial charge in [-0.1, -0.05) is 94.3 Å². The van der Waals surface area contributed by atoms with Crippen LogP contribution in [0.1, 0.15) is 70.8 Å². The van der Waals surface area contributed by atoms with Crippen molar-refractivity contribution in [3.05, 3.63) is 48.0 Å². The summed E-state index contributed by atoms with van der Waals surface area (Å²) >= 11 is 0. The number of aryl methyl sites for hydroxylation is 1. The second kappa shape index (κ2) is 11.1. The van der Waals surface area contributed by atoms with E-state index in [-0.39, 0.29) is 0 Å². The summed E-state index contributed by atoms with van der Waals surface area (Å²) in [5, 5.41) is 4.64. The topological polar surface area (TPSA) is 18.5 Å². The Labute approximate surface area is 176 Å². The molecule has 0 bridgehead atoms. The number of hydrogen-bond donors (Lipinski definition) is 0. The maximum atomic E-state index is 6.39. The molecule has 2 nitrogen and oxygen atoms in total. The summed E-state index contributed by atoms with van der Waals surface area (Å²) in [6.07, 6.45) is 9.69. The Balaban J connectivity index is 1.96. The van der Waals surface area contributed by atoms with E-state index in [1.54, 1.807) is 0 Å². The fourth-order valence-electron chi connectivity index (χ4n) is 3.93. The molecule has 0 aliphatic rings. The average molecular weight is 393 g/mol. The fraction of sp³-hybridized carbons (Fsp3) is 0.481. The molecule has 156 valence electrons. The van der Waals surface area contributed by atoms with Gasteiger partial charge >= 0.3 is 0 Å². The lowest BCUT2D eigenvalue weighted by Crippen LogP contribution is -2.02. The lowest BCUT2D eigenvalue weighted by molar-refractivity contribution is 0.307. The first-order valence-electron chi connectivity index (χ1n) is 11.5. The van der Waals surface area contributed by atoms with Gasteiger partial charge in [-0.15, -0.1) is 0 Å². The molecular formula is C27H36O2. The summed E-state index contributed by atoms with van der Waals surface area (Å²) in [7, 11) is 0. The van der Waals surface area contributed by atoms with Gasteiger partial charge in [0.05, 0.1) is 13.2 Å². The molecule has 0 aliphatic heterocycles. The summed E-state index contributed by atoms with van der Waals surface area (Å²) in [4.78, 5) is 0. The molecule has 2 heteroatoms. The lowest BCUT2D eigenvalue weighted by Gasteiger charge is -2.18. The minimum Gasteiger partial charge on any atom is -0.492 e. The first kappa shape index (κ1) is 21.5. The molecule has 3 aromatic rings. The van der Waals surface area contributed by atoms with Gasteiger partial charge < -0.3 is 9.47 Å². The van der Waals surface area contributed by atoms with E-state index in [2.05, 4.69) is 63.2 Å². The maximum Gasteiger partial charge on any atom is 0.135 e. The number of fused-ring (bicyclic) bond motifs is 2. The van der Waals surface area contributed by atoms with Crippen LogP contribution < -0.4 is 9.47 Å². The smallest absolute Gasteiger partial charge is 0.135 e. The van der Waals surface area contributed by atoms with Gasteiger partial charge in [0.2, 0.25) is 0 Å². The molecule has 3 aromatic carbocycles. The molecule has 0 fully saturated rings. The van der Waals surface area contributed by atoms with Crippen molar-refractivity contribution in [2.75, 3.05) is 13.2 Å². The molecule has 0 radical (unpaired) electrons. The molecule has 0 saturated carbocycles. The third-order valence-corrected chi connectivity index (χ3v) is 5.57. The third kappa shape index (κ3) is 5.44. The Kier molecular flexibility index (Phi) is 8.22. The molecular weight excluding hydrogens is 356 g/mol. The molecule has 0 amide bonds. The van der Waals surface area contributed by atoms with E-state index in [1.165, 1.54) is 49.5 Å². The normalized spacial score (nSPS) is 11.3. The van der Waals surface area contributed by atoms with Gasteiger partial charge in [0.25, 0.3) is 0 Å².